The molecule has 3 atom stereocenters. The van der Waals surface area contributed by atoms with E-state index in [1.165, 1.54) is 38.8 Å². The maximum Gasteiger partial charge on any atom is 0.0664 e. The summed E-state index contributed by atoms with van der Waals surface area (Å²) in [5.41, 5.74) is 0. The van der Waals surface area contributed by atoms with Gasteiger partial charge >= 0.3 is 0 Å². The molecular formula is C12H23NO. The third kappa shape index (κ3) is 2.48. The van der Waals surface area contributed by atoms with E-state index in [0.717, 1.165) is 24.8 Å². The molecule has 0 radical (unpaired) electrons. The van der Waals surface area contributed by atoms with Gasteiger partial charge in [-0.1, -0.05) is 13.3 Å². The first-order valence-electron chi connectivity index (χ1n) is 6.18. The first-order valence-corrected chi connectivity index (χ1v) is 6.18. The molecule has 0 amide bonds. The zero-order valence-corrected chi connectivity index (χ0v) is 9.28. The Morgan fingerprint density at radius 3 is 2.50 bits per heavy atom. The van der Waals surface area contributed by atoms with Crippen molar-refractivity contribution >= 4 is 0 Å². The number of piperidine rings is 1. The molecule has 0 spiro atoms. The van der Waals surface area contributed by atoms with Gasteiger partial charge in [0.25, 0.3) is 0 Å². The summed E-state index contributed by atoms with van der Waals surface area (Å²) in [5, 5.41) is 9.63. The molecule has 1 aliphatic heterocycles. The molecule has 2 fully saturated rings. The Morgan fingerprint density at radius 1 is 1.29 bits per heavy atom. The number of β-amino-alcohol motifs (C(OH)–C–C–N with tert-alkyl or cyclic N) is 1. The summed E-state index contributed by atoms with van der Waals surface area (Å²) >= 11 is 0. The maximum atomic E-state index is 9.63. The Bertz CT molecular complexity index is 168. The molecular weight excluding hydrogens is 174 g/mol. The van der Waals surface area contributed by atoms with Crippen LogP contribution in [0.5, 0.6) is 0 Å². The standard InChI is InChI=1S/C12H23NO/c1-2-12(14)9-13-7-10-4-3-5-11(6-10)8-13/h10-12,14H,2-9H2,1H3/t10?,11?,12-/m1/s1. The smallest absolute Gasteiger partial charge is 0.0664 e. The van der Waals surface area contributed by atoms with Crippen LogP contribution in [0.1, 0.15) is 39.0 Å². The van der Waals surface area contributed by atoms with Gasteiger partial charge < -0.3 is 10.0 Å². The zero-order valence-electron chi connectivity index (χ0n) is 9.28. The van der Waals surface area contributed by atoms with Gasteiger partial charge in [0.1, 0.15) is 0 Å². The minimum absolute atomic E-state index is 0.103. The largest absolute Gasteiger partial charge is 0.392 e. The molecule has 1 heterocycles. The number of nitrogens with zero attached hydrogens (tertiary/aromatic N) is 1. The van der Waals surface area contributed by atoms with E-state index < -0.39 is 0 Å². The highest BCUT2D eigenvalue weighted by Gasteiger charge is 2.30. The second-order valence-corrected chi connectivity index (χ2v) is 5.18. The van der Waals surface area contributed by atoms with Crippen LogP contribution < -0.4 is 0 Å². The lowest BCUT2D eigenvalue weighted by Crippen LogP contribution is -2.45. The minimum atomic E-state index is -0.103. The molecule has 1 saturated carbocycles. The predicted octanol–water partition coefficient (Wildman–Crippen LogP) is 1.88. The molecule has 0 aromatic carbocycles. The van der Waals surface area contributed by atoms with Gasteiger partial charge in [-0.25, -0.2) is 0 Å². The van der Waals surface area contributed by atoms with Crippen LogP contribution >= 0.6 is 0 Å². The highest BCUT2D eigenvalue weighted by molar-refractivity contribution is 4.84. The van der Waals surface area contributed by atoms with Crippen LogP contribution in [-0.2, 0) is 0 Å². The van der Waals surface area contributed by atoms with E-state index in [4.69, 9.17) is 0 Å². The molecule has 2 aliphatic rings. The summed E-state index contributed by atoms with van der Waals surface area (Å²) in [6.07, 6.45) is 6.54. The second kappa shape index (κ2) is 4.63. The van der Waals surface area contributed by atoms with Gasteiger partial charge in [-0.2, -0.15) is 0 Å². The number of rotatable bonds is 3. The first kappa shape index (κ1) is 10.4. The van der Waals surface area contributed by atoms with Crippen molar-refractivity contribution in [1.82, 2.24) is 4.90 Å². The van der Waals surface area contributed by atoms with Crippen LogP contribution in [0.2, 0.25) is 0 Å². The fourth-order valence-corrected chi connectivity index (χ4v) is 3.12. The quantitative estimate of drug-likeness (QED) is 0.746. The number of hydrogen-bond donors (Lipinski definition) is 1. The second-order valence-electron chi connectivity index (χ2n) is 5.18. The van der Waals surface area contributed by atoms with E-state index >= 15 is 0 Å². The average Bonchev–Trinajstić information content (AvgIpc) is 2.17. The summed E-state index contributed by atoms with van der Waals surface area (Å²) in [4.78, 5) is 2.49. The third-order valence-electron chi connectivity index (χ3n) is 3.86. The number of aliphatic hydroxyl groups excluding tert-OH is 1. The van der Waals surface area contributed by atoms with Gasteiger partial charge in [0, 0.05) is 19.6 Å². The van der Waals surface area contributed by atoms with E-state index in [1.807, 2.05) is 0 Å². The van der Waals surface area contributed by atoms with Crippen molar-refractivity contribution in [1.29, 1.82) is 0 Å². The van der Waals surface area contributed by atoms with Gasteiger partial charge in [0.15, 0.2) is 0 Å². The van der Waals surface area contributed by atoms with Crippen LogP contribution in [0, 0.1) is 11.8 Å². The molecule has 2 bridgehead atoms. The molecule has 2 rings (SSSR count). The number of hydrogen-bond acceptors (Lipinski definition) is 2. The summed E-state index contributed by atoms with van der Waals surface area (Å²) < 4.78 is 0. The maximum absolute atomic E-state index is 9.63. The van der Waals surface area contributed by atoms with Crippen LogP contribution in [0.15, 0.2) is 0 Å². The monoisotopic (exact) mass is 197 g/mol. The van der Waals surface area contributed by atoms with Gasteiger partial charge in [0.2, 0.25) is 0 Å². The molecule has 2 unspecified atom stereocenters. The summed E-state index contributed by atoms with van der Waals surface area (Å²) in [5.74, 6) is 1.87. The predicted molar refractivity (Wildman–Crippen MR) is 58.2 cm³/mol. The molecule has 82 valence electrons. The van der Waals surface area contributed by atoms with Gasteiger partial charge in [-0.3, -0.25) is 0 Å². The van der Waals surface area contributed by atoms with Crippen molar-refractivity contribution in [3.63, 3.8) is 0 Å². The molecule has 2 heteroatoms. The minimum Gasteiger partial charge on any atom is -0.392 e. The van der Waals surface area contributed by atoms with Gasteiger partial charge in [-0.15, -0.1) is 0 Å². The van der Waals surface area contributed by atoms with Crippen molar-refractivity contribution in [3.05, 3.63) is 0 Å². The zero-order chi connectivity index (χ0) is 9.97. The molecule has 1 N–H and O–H groups in total. The fraction of sp³-hybridized carbons (Fsp3) is 1.00. The molecule has 2 nitrogen and oxygen atoms in total. The molecule has 0 aromatic rings. The van der Waals surface area contributed by atoms with Crippen LogP contribution in [-0.4, -0.2) is 35.7 Å². The lowest BCUT2D eigenvalue weighted by Gasteiger charge is -2.42. The summed E-state index contributed by atoms with van der Waals surface area (Å²) in [6, 6.07) is 0. The Balaban J connectivity index is 1.83. The average molecular weight is 197 g/mol. The molecule has 0 aromatic heterocycles. The van der Waals surface area contributed by atoms with E-state index in [1.54, 1.807) is 0 Å². The third-order valence-corrected chi connectivity index (χ3v) is 3.86. The lowest BCUT2D eigenvalue weighted by molar-refractivity contribution is 0.0419. The molecule has 1 saturated heterocycles. The van der Waals surface area contributed by atoms with E-state index in [-0.39, 0.29) is 6.10 Å². The lowest BCUT2D eigenvalue weighted by atomic mass is 9.78. The Hall–Kier alpha value is -0.0800. The summed E-state index contributed by atoms with van der Waals surface area (Å²) in [7, 11) is 0. The van der Waals surface area contributed by atoms with Crippen molar-refractivity contribution in [2.45, 2.75) is 45.1 Å². The van der Waals surface area contributed by atoms with E-state index in [9.17, 15) is 5.11 Å². The van der Waals surface area contributed by atoms with Crippen molar-refractivity contribution in [2.24, 2.45) is 11.8 Å². The fourth-order valence-electron chi connectivity index (χ4n) is 3.12. The van der Waals surface area contributed by atoms with Crippen molar-refractivity contribution < 1.29 is 5.11 Å². The van der Waals surface area contributed by atoms with E-state index in [2.05, 4.69) is 11.8 Å². The van der Waals surface area contributed by atoms with Crippen LogP contribution in [0.25, 0.3) is 0 Å². The van der Waals surface area contributed by atoms with Crippen molar-refractivity contribution in [2.75, 3.05) is 19.6 Å². The van der Waals surface area contributed by atoms with Gasteiger partial charge in [0.05, 0.1) is 6.10 Å². The van der Waals surface area contributed by atoms with Gasteiger partial charge in [-0.05, 0) is 37.5 Å². The summed E-state index contributed by atoms with van der Waals surface area (Å²) in [6.45, 7) is 5.46. The number of fused-ring (bicyclic) bond motifs is 2. The Morgan fingerprint density at radius 2 is 1.93 bits per heavy atom. The van der Waals surface area contributed by atoms with Crippen LogP contribution in [0.4, 0.5) is 0 Å². The first-order chi connectivity index (χ1) is 6.78. The topological polar surface area (TPSA) is 23.5 Å². The molecule has 14 heavy (non-hydrogen) atoms. The number of aliphatic hydroxyl groups is 1. The highest BCUT2D eigenvalue weighted by Crippen LogP contribution is 2.34. The number of likely N-dealkylation sites (tertiary alicyclic amines) is 1. The van der Waals surface area contributed by atoms with Crippen molar-refractivity contribution in [3.8, 4) is 0 Å². The Kier molecular flexibility index (Phi) is 3.45. The SMILES string of the molecule is CC[C@@H](O)CN1CC2CCCC(C2)C1. The molecule has 1 aliphatic carbocycles. The highest BCUT2D eigenvalue weighted by atomic mass is 16.3. The Labute approximate surface area is 87.3 Å². The van der Waals surface area contributed by atoms with E-state index in [0.29, 0.717) is 0 Å². The normalized spacial score (nSPS) is 35.6. The van der Waals surface area contributed by atoms with Crippen LogP contribution in [0.3, 0.4) is 0 Å².